The Morgan fingerprint density at radius 3 is 2.45 bits per heavy atom. The molecule has 0 radical (unpaired) electrons. The molecule has 2 N–H and O–H groups in total. The highest BCUT2D eigenvalue weighted by molar-refractivity contribution is 5.14. The van der Waals surface area contributed by atoms with Crippen LogP contribution < -0.4 is 5.73 Å². The lowest BCUT2D eigenvalue weighted by Gasteiger charge is -2.48. The SMILES string of the molecule is CC(C)(C)N1CCN(Cc2ccccc2)CC1CCN. The molecule has 112 valence electrons. The van der Waals surface area contributed by atoms with Gasteiger partial charge in [-0.3, -0.25) is 9.80 Å². The number of benzene rings is 1. The molecule has 0 aromatic heterocycles. The molecule has 0 spiro atoms. The van der Waals surface area contributed by atoms with Gasteiger partial charge in [0.05, 0.1) is 0 Å². The van der Waals surface area contributed by atoms with Gasteiger partial charge in [-0.15, -0.1) is 0 Å². The van der Waals surface area contributed by atoms with Crippen LogP contribution in [0, 0.1) is 0 Å². The van der Waals surface area contributed by atoms with Gasteiger partial charge in [0.1, 0.15) is 0 Å². The van der Waals surface area contributed by atoms with Crippen molar-refractivity contribution in [3.8, 4) is 0 Å². The lowest BCUT2D eigenvalue weighted by Crippen LogP contribution is -2.59. The van der Waals surface area contributed by atoms with Crippen LogP contribution in [0.25, 0.3) is 0 Å². The summed E-state index contributed by atoms with van der Waals surface area (Å²) in [5.41, 5.74) is 7.46. The van der Waals surface area contributed by atoms with E-state index >= 15 is 0 Å². The van der Waals surface area contributed by atoms with E-state index < -0.39 is 0 Å². The minimum atomic E-state index is 0.235. The number of nitrogens with zero attached hydrogens (tertiary/aromatic N) is 2. The van der Waals surface area contributed by atoms with Gasteiger partial charge in [0, 0.05) is 37.8 Å². The van der Waals surface area contributed by atoms with E-state index in [9.17, 15) is 0 Å². The Hall–Kier alpha value is -0.900. The standard InChI is InChI=1S/C17H29N3/c1-17(2,3)20-12-11-19(14-16(20)9-10-18)13-15-7-5-4-6-8-15/h4-8,16H,9-14,18H2,1-3H3. The van der Waals surface area contributed by atoms with Gasteiger partial charge in [-0.2, -0.15) is 0 Å². The summed E-state index contributed by atoms with van der Waals surface area (Å²) in [5, 5.41) is 0. The lowest BCUT2D eigenvalue weighted by atomic mass is 9.98. The van der Waals surface area contributed by atoms with E-state index in [0.29, 0.717) is 6.04 Å². The second-order valence-corrected chi connectivity index (χ2v) is 6.82. The zero-order valence-electron chi connectivity index (χ0n) is 13.2. The summed E-state index contributed by atoms with van der Waals surface area (Å²) in [6.07, 6.45) is 1.09. The largest absolute Gasteiger partial charge is 0.330 e. The third-order valence-electron chi connectivity index (χ3n) is 4.18. The molecule has 1 unspecified atom stereocenters. The summed E-state index contributed by atoms with van der Waals surface area (Å²) in [6.45, 7) is 12.2. The first-order valence-electron chi connectivity index (χ1n) is 7.74. The van der Waals surface area contributed by atoms with Gasteiger partial charge < -0.3 is 5.73 Å². The monoisotopic (exact) mass is 275 g/mol. The van der Waals surface area contributed by atoms with E-state index in [0.717, 1.165) is 39.1 Å². The third kappa shape index (κ3) is 4.05. The first-order chi connectivity index (χ1) is 9.50. The number of piperazine rings is 1. The van der Waals surface area contributed by atoms with Crippen molar-refractivity contribution in [3.05, 3.63) is 35.9 Å². The maximum absolute atomic E-state index is 5.82. The van der Waals surface area contributed by atoms with Gasteiger partial charge >= 0.3 is 0 Å². The van der Waals surface area contributed by atoms with E-state index in [1.165, 1.54) is 5.56 Å². The van der Waals surface area contributed by atoms with Crippen LogP contribution in [0.2, 0.25) is 0 Å². The fourth-order valence-corrected chi connectivity index (χ4v) is 3.23. The minimum absolute atomic E-state index is 0.235. The molecule has 3 heteroatoms. The first kappa shape index (κ1) is 15.5. The smallest absolute Gasteiger partial charge is 0.0241 e. The maximum Gasteiger partial charge on any atom is 0.0241 e. The molecular formula is C17H29N3. The Labute approximate surface area is 123 Å². The van der Waals surface area contributed by atoms with Crippen LogP contribution in [0.3, 0.4) is 0 Å². The van der Waals surface area contributed by atoms with Crippen LogP contribution in [0.15, 0.2) is 30.3 Å². The Kier molecular flexibility index (Phi) is 5.19. The van der Waals surface area contributed by atoms with Crippen molar-refractivity contribution in [3.63, 3.8) is 0 Å². The summed E-state index contributed by atoms with van der Waals surface area (Å²) in [7, 11) is 0. The summed E-state index contributed by atoms with van der Waals surface area (Å²) in [6, 6.07) is 11.3. The summed E-state index contributed by atoms with van der Waals surface area (Å²) in [4.78, 5) is 5.19. The normalized spacial score (nSPS) is 22.1. The molecule has 1 heterocycles. The zero-order chi connectivity index (χ0) is 14.6. The third-order valence-corrected chi connectivity index (χ3v) is 4.18. The van der Waals surface area contributed by atoms with Gasteiger partial charge in [0.25, 0.3) is 0 Å². The van der Waals surface area contributed by atoms with Crippen LogP contribution in [-0.2, 0) is 6.54 Å². The van der Waals surface area contributed by atoms with Gasteiger partial charge in [-0.1, -0.05) is 30.3 Å². The summed E-state index contributed by atoms with van der Waals surface area (Å²) >= 11 is 0. The van der Waals surface area contributed by atoms with Crippen molar-refractivity contribution in [1.29, 1.82) is 0 Å². The minimum Gasteiger partial charge on any atom is -0.330 e. The maximum atomic E-state index is 5.82. The van der Waals surface area contributed by atoms with Gasteiger partial charge in [-0.25, -0.2) is 0 Å². The number of hydrogen-bond donors (Lipinski definition) is 1. The average Bonchev–Trinajstić information content (AvgIpc) is 2.39. The number of hydrogen-bond acceptors (Lipinski definition) is 3. The van der Waals surface area contributed by atoms with Crippen LogP contribution >= 0.6 is 0 Å². The summed E-state index contributed by atoms with van der Waals surface area (Å²) < 4.78 is 0. The van der Waals surface area contributed by atoms with E-state index in [1.54, 1.807) is 0 Å². The quantitative estimate of drug-likeness (QED) is 0.915. The van der Waals surface area contributed by atoms with Crippen molar-refractivity contribution in [2.24, 2.45) is 5.73 Å². The Balaban J connectivity index is 1.99. The predicted octanol–water partition coefficient (Wildman–Crippen LogP) is 2.32. The molecule has 1 saturated heterocycles. The van der Waals surface area contributed by atoms with E-state index in [1.807, 2.05) is 0 Å². The second kappa shape index (κ2) is 6.70. The van der Waals surface area contributed by atoms with Crippen molar-refractivity contribution >= 4 is 0 Å². The van der Waals surface area contributed by atoms with E-state index in [2.05, 4.69) is 60.9 Å². The van der Waals surface area contributed by atoms with Gasteiger partial charge in [0.2, 0.25) is 0 Å². The molecule has 1 aliphatic heterocycles. The van der Waals surface area contributed by atoms with Crippen LogP contribution in [0.1, 0.15) is 32.8 Å². The Morgan fingerprint density at radius 1 is 1.15 bits per heavy atom. The molecule has 1 aromatic carbocycles. The molecule has 20 heavy (non-hydrogen) atoms. The van der Waals surface area contributed by atoms with E-state index in [-0.39, 0.29) is 5.54 Å². The Bertz CT molecular complexity index is 396. The average molecular weight is 275 g/mol. The molecule has 2 rings (SSSR count). The van der Waals surface area contributed by atoms with Gasteiger partial charge in [0.15, 0.2) is 0 Å². The lowest BCUT2D eigenvalue weighted by molar-refractivity contribution is 0.00472. The second-order valence-electron chi connectivity index (χ2n) is 6.82. The molecule has 0 amide bonds. The zero-order valence-corrected chi connectivity index (χ0v) is 13.2. The van der Waals surface area contributed by atoms with Crippen molar-refractivity contribution in [1.82, 2.24) is 9.80 Å². The highest BCUT2D eigenvalue weighted by atomic mass is 15.3. The Morgan fingerprint density at radius 2 is 1.85 bits per heavy atom. The molecule has 3 nitrogen and oxygen atoms in total. The number of rotatable bonds is 4. The fraction of sp³-hybridized carbons (Fsp3) is 0.647. The molecule has 1 aliphatic rings. The van der Waals surface area contributed by atoms with E-state index in [4.69, 9.17) is 5.73 Å². The molecular weight excluding hydrogens is 246 g/mol. The number of nitrogens with two attached hydrogens (primary N) is 1. The molecule has 1 fully saturated rings. The fourth-order valence-electron chi connectivity index (χ4n) is 3.23. The van der Waals surface area contributed by atoms with Crippen LogP contribution in [-0.4, -0.2) is 47.6 Å². The highest BCUT2D eigenvalue weighted by Crippen LogP contribution is 2.23. The van der Waals surface area contributed by atoms with Crippen molar-refractivity contribution < 1.29 is 0 Å². The molecule has 0 saturated carbocycles. The van der Waals surface area contributed by atoms with Crippen molar-refractivity contribution in [2.75, 3.05) is 26.2 Å². The van der Waals surface area contributed by atoms with Crippen LogP contribution in [0.4, 0.5) is 0 Å². The van der Waals surface area contributed by atoms with Gasteiger partial charge in [-0.05, 0) is 39.3 Å². The first-order valence-corrected chi connectivity index (χ1v) is 7.74. The van der Waals surface area contributed by atoms with Crippen LogP contribution in [0.5, 0.6) is 0 Å². The summed E-state index contributed by atoms with van der Waals surface area (Å²) in [5.74, 6) is 0. The predicted molar refractivity (Wildman–Crippen MR) is 85.6 cm³/mol. The van der Waals surface area contributed by atoms with Crippen molar-refractivity contribution in [2.45, 2.75) is 45.3 Å². The highest BCUT2D eigenvalue weighted by Gasteiger charge is 2.33. The topological polar surface area (TPSA) is 32.5 Å². The molecule has 1 aromatic rings. The molecule has 0 bridgehead atoms. The molecule has 0 aliphatic carbocycles. The molecule has 1 atom stereocenters.